The van der Waals surface area contributed by atoms with Crippen molar-refractivity contribution in [1.29, 1.82) is 0 Å². The van der Waals surface area contributed by atoms with Crippen molar-refractivity contribution < 1.29 is 4.79 Å². The summed E-state index contributed by atoms with van der Waals surface area (Å²) in [4.78, 5) is 16.6. The van der Waals surface area contributed by atoms with Gasteiger partial charge in [0.05, 0.1) is 6.33 Å². The summed E-state index contributed by atoms with van der Waals surface area (Å²) in [6, 6.07) is 18.0. The maximum atomic E-state index is 12.5. The average Bonchev–Trinajstić information content (AvgIpc) is 3.41. The number of aromatic nitrogens is 2. The van der Waals surface area contributed by atoms with Crippen LogP contribution in [0.15, 0.2) is 84.1 Å². The Balaban J connectivity index is 1.41. The maximum absolute atomic E-state index is 12.5. The van der Waals surface area contributed by atoms with Crippen LogP contribution in [0.4, 0.5) is 0 Å². The van der Waals surface area contributed by atoms with Gasteiger partial charge in [-0.15, -0.1) is 0 Å². The van der Waals surface area contributed by atoms with E-state index in [0.717, 1.165) is 23.2 Å². The van der Waals surface area contributed by atoms with E-state index < -0.39 is 0 Å². The van der Waals surface area contributed by atoms with Crippen molar-refractivity contribution in [2.75, 3.05) is 0 Å². The smallest absolute Gasteiger partial charge is 0.251 e. The molecule has 2 heterocycles. The molecule has 4 nitrogen and oxygen atoms in total. The van der Waals surface area contributed by atoms with Gasteiger partial charge >= 0.3 is 0 Å². The topological polar surface area (TPSA) is 46.9 Å². The Labute approximate surface area is 162 Å². The summed E-state index contributed by atoms with van der Waals surface area (Å²) in [5.74, 6) is -0.0655. The molecule has 2 aromatic heterocycles. The number of amides is 1. The number of thiophene rings is 1. The number of hydrogen-bond acceptors (Lipinski definition) is 3. The molecule has 0 saturated carbocycles. The van der Waals surface area contributed by atoms with Gasteiger partial charge in [-0.2, -0.15) is 11.3 Å². The number of hydrogen-bond donors (Lipinski definition) is 1. The number of carbonyl (C=O) groups is 1. The maximum Gasteiger partial charge on any atom is 0.251 e. The Hall–Kier alpha value is -3.18. The second kappa shape index (κ2) is 8.01. The van der Waals surface area contributed by atoms with Crippen LogP contribution in [0.2, 0.25) is 0 Å². The molecule has 5 heteroatoms. The molecule has 0 aliphatic carbocycles. The van der Waals surface area contributed by atoms with E-state index in [1.54, 1.807) is 23.9 Å². The molecule has 0 fully saturated rings. The molecule has 4 rings (SSSR count). The third-order valence-electron chi connectivity index (χ3n) is 4.43. The van der Waals surface area contributed by atoms with Gasteiger partial charge in [0.15, 0.2) is 0 Å². The summed E-state index contributed by atoms with van der Waals surface area (Å²) < 4.78 is 2.00. The minimum atomic E-state index is -0.0655. The predicted molar refractivity (Wildman–Crippen MR) is 109 cm³/mol. The Morgan fingerprint density at radius 1 is 1.07 bits per heavy atom. The molecule has 4 aromatic rings. The normalized spacial score (nSPS) is 10.7. The Kier molecular flexibility index (Phi) is 5.12. The van der Waals surface area contributed by atoms with Gasteiger partial charge in [0.25, 0.3) is 5.91 Å². The zero-order valence-corrected chi connectivity index (χ0v) is 15.5. The van der Waals surface area contributed by atoms with Gasteiger partial charge in [0, 0.05) is 31.0 Å². The second-order valence-electron chi connectivity index (χ2n) is 6.28. The van der Waals surface area contributed by atoms with Crippen LogP contribution in [0.3, 0.4) is 0 Å². The summed E-state index contributed by atoms with van der Waals surface area (Å²) in [5.41, 5.74) is 5.26. The number of nitrogens with one attached hydrogen (secondary N) is 1. The third kappa shape index (κ3) is 4.15. The van der Waals surface area contributed by atoms with E-state index in [1.165, 1.54) is 5.56 Å². The molecule has 1 N–H and O–H groups in total. The van der Waals surface area contributed by atoms with Crippen molar-refractivity contribution in [1.82, 2.24) is 14.9 Å². The van der Waals surface area contributed by atoms with E-state index in [-0.39, 0.29) is 5.91 Å². The molecule has 0 unspecified atom stereocenters. The fourth-order valence-corrected chi connectivity index (χ4v) is 3.66. The first-order valence-corrected chi connectivity index (χ1v) is 9.67. The van der Waals surface area contributed by atoms with Crippen molar-refractivity contribution in [3.63, 3.8) is 0 Å². The summed E-state index contributed by atoms with van der Waals surface area (Å²) >= 11 is 1.67. The lowest BCUT2D eigenvalue weighted by Gasteiger charge is -2.10. The largest absolute Gasteiger partial charge is 0.348 e. The highest BCUT2D eigenvalue weighted by molar-refractivity contribution is 7.08. The zero-order chi connectivity index (χ0) is 18.5. The first-order valence-electron chi connectivity index (χ1n) is 8.73. The fourth-order valence-electron chi connectivity index (χ4n) is 3.00. The van der Waals surface area contributed by atoms with Crippen LogP contribution < -0.4 is 5.32 Å². The molecule has 1 amide bonds. The van der Waals surface area contributed by atoms with Gasteiger partial charge in [0.2, 0.25) is 0 Å². The number of nitrogens with zero attached hydrogens (tertiary/aromatic N) is 2. The summed E-state index contributed by atoms with van der Waals surface area (Å²) in [7, 11) is 0. The Morgan fingerprint density at radius 3 is 2.67 bits per heavy atom. The molecule has 0 saturated heterocycles. The minimum absolute atomic E-state index is 0.0655. The SMILES string of the molecule is O=C(NCc1ccccc1-c1ccsc1)c1ccc(Cn2ccnc2)cc1. The van der Waals surface area contributed by atoms with E-state index >= 15 is 0 Å². The van der Waals surface area contributed by atoms with Crippen LogP contribution in [-0.2, 0) is 13.1 Å². The van der Waals surface area contributed by atoms with E-state index in [2.05, 4.69) is 39.3 Å². The van der Waals surface area contributed by atoms with Crippen LogP contribution in [0.25, 0.3) is 11.1 Å². The van der Waals surface area contributed by atoms with Crippen LogP contribution in [0.1, 0.15) is 21.5 Å². The molecule has 134 valence electrons. The van der Waals surface area contributed by atoms with Crippen molar-refractivity contribution in [3.05, 3.63) is 101 Å². The number of rotatable bonds is 6. The standard InChI is InChI=1S/C22H19N3OS/c26-22(18-7-5-17(6-8-18)14-25-11-10-23-16-25)24-13-19-3-1-2-4-21(19)20-9-12-27-15-20/h1-12,15-16H,13-14H2,(H,24,26). The van der Waals surface area contributed by atoms with Crippen molar-refractivity contribution in [2.45, 2.75) is 13.1 Å². The summed E-state index contributed by atoms with van der Waals surface area (Å²) in [6.45, 7) is 1.25. The monoisotopic (exact) mass is 373 g/mol. The molecule has 27 heavy (non-hydrogen) atoms. The van der Waals surface area contributed by atoms with Crippen LogP contribution >= 0.6 is 11.3 Å². The van der Waals surface area contributed by atoms with Gasteiger partial charge in [-0.1, -0.05) is 36.4 Å². The van der Waals surface area contributed by atoms with E-state index in [4.69, 9.17) is 0 Å². The molecule has 0 bridgehead atoms. The Morgan fingerprint density at radius 2 is 1.93 bits per heavy atom. The van der Waals surface area contributed by atoms with Gasteiger partial charge in [0.1, 0.15) is 0 Å². The zero-order valence-electron chi connectivity index (χ0n) is 14.7. The van der Waals surface area contributed by atoms with E-state index in [1.807, 2.05) is 47.2 Å². The molecule has 0 aliphatic rings. The number of imidazole rings is 1. The van der Waals surface area contributed by atoms with E-state index in [0.29, 0.717) is 12.1 Å². The summed E-state index contributed by atoms with van der Waals surface area (Å²) in [6.07, 6.45) is 5.47. The lowest BCUT2D eigenvalue weighted by Crippen LogP contribution is -2.23. The lowest BCUT2D eigenvalue weighted by molar-refractivity contribution is 0.0951. The quantitative estimate of drug-likeness (QED) is 0.537. The molecule has 0 aliphatic heterocycles. The lowest BCUT2D eigenvalue weighted by atomic mass is 10.0. The second-order valence-corrected chi connectivity index (χ2v) is 7.06. The molecule has 2 aromatic carbocycles. The average molecular weight is 373 g/mol. The number of carbonyl (C=O) groups excluding carboxylic acids is 1. The van der Waals surface area contributed by atoms with Gasteiger partial charge in [-0.3, -0.25) is 4.79 Å². The van der Waals surface area contributed by atoms with Crippen molar-refractivity contribution in [3.8, 4) is 11.1 Å². The fraction of sp³-hybridized carbons (Fsp3) is 0.0909. The van der Waals surface area contributed by atoms with Gasteiger partial charge in [-0.05, 0) is 51.2 Å². The molecular weight excluding hydrogens is 354 g/mol. The van der Waals surface area contributed by atoms with Gasteiger partial charge < -0.3 is 9.88 Å². The highest BCUT2D eigenvalue weighted by Gasteiger charge is 2.09. The molecular formula is C22H19N3OS. The number of benzene rings is 2. The first kappa shape index (κ1) is 17.2. The molecule has 0 atom stereocenters. The predicted octanol–water partition coefficient (Wildman–Crippen LogP) is 4.59. The van der Waals surface area contributed by atoms with Crippen molar-refractivity contribution >= 4 is 17.2 Å². The third-order valence-corrected chi connectivity index (χ3v) is 5.11. The summed E-state index contributed by atoms with van der Waals surface area (Å²) in [5, 5.41) is 7.22. The highest BCUT2D eigenvalue weighted by atomic mass is 32.1. The molecule has 0 spiro atoms. The van der Waals surface area contributed by atoms with E-state index in [9.17, 15) is 4.79 Å². The van der Waals surface area contributed by atoms with Crippen molar-refractivity contribution in [2.24, 2.45) is 0 Å². The van der Waals surface area contributed by atoms with Crippen LogP contribution in [0.5, 0.6) is 0 Å². The van der Waals surface area contributed by atoms with Crippen LogP contribution in [-0.4, -0.2) is 15.5 Å². The minimum Gasteiger partial charge on any atom is -0.348 e. The Bertz CT molecular complexity index is 1010. The van der Waals surface area contributed by atoms with Gasteiger partial charge in [-0.25, -0.2) is 4.98 Å². The molecule has 0 radical (unpaired) electrons. The highest BCUT2D eigenvalue weighted by Crippen LogP contribution is 2.25. The first-order chi connectivity index (χ1) is 13.3. The van der Waals surface area contributed by atoms with Crippen LogP contribution in [0, 0.1) is 0 Å².